The molecule has 2 aromatic carbocycles. The van der Waals surface area contributed by atoms with E-state index in [2.05, 4.69) is 17.2 Å². The van der Waals surface area contributed by atoms with Crippen molar-refractivity contribution < 1.29 is 22.4 Å². The van der Waals surface area contributed by atoms with Crippen LogP contribution in [0.25, 0.3) is 11.1 Å². The minimum absolute atomic E-state index is 0.0532. The van der Waals surface area contributed by atoms with Gasteiger partial charge in [-0.2, -0.15) is 0 Å². The van der Waals surface area contributed by atoms with Crippen LogP contribution in [-0.2, 0) is 5.88 Å². The molecule has 1 saturated heterocycles. The van der Waals surface area contributed by atoms with Gasteiger partial charge >= 0.3 is 0 Å². The van der Waals surface area contributed by atoms with E-state index in [-0.39, 0.29) is 17.5 Å². The molecule has 0 radical (unpaired) electrons. The molecule has 184 valence electrons. The predicted molar refractivity (Wildman–Crippen MR) is 127 cm³/mol. The minimum atomic E-state index is -1.39. The van der Waals surface area contributed by atoms with Crippen LogP contribution in [0.15, 0.2) is 42.7 Å². The average molecular weight is 507 g/mol. The molecule has 5 nitrogen and oxygen atoms in total. The fourth-order valence-corrected chi connectivity index (χ4v) is 4.60. The number of nitrogens with two attached hydrogens (primary N) is 1. The summed E-state index contributed by atoms with van der Waals surface area (Å²) in [5, 5.41) is 2.59. The minimum Gasteiger partial charge on any atom is -0.368 e. The summed E-state index contributed by atoms with van der Waals surface area (Å²) in [6.07, 6.45) is 3.83. The highest BCUT2D eigenvalue weighted by molar-refractivity contribution is 6.17. The molecule has 0 unspecified atom stereocenters. The number of pyridine rings is 1. The van der Waals surface area contributed by atoms with E-state index in [9.17, 15) is 18.0 Å². The van der Waals surface area contributed by atoms with Crippen LogP contribution in [0.4, 0.5) is 28.9 Å². The topological polar surface area (TPSA) is 71.2 Å². The summed E-state index contributed by atoms with van der Waals surface area (Å²) in [4.78, 5) is 19.0. The highest BCUT2D eigenvalue weighted by Gasteiger charge is 2.27. The van der Waals surface area contributed by atoms with Crippen LogP contribution in [0.3, 0.4) is 0 Å². The van der Waals surface area contributed by atoms with Gasteiger partial charge in [-0.05, 0) is 48.2 Å². The number of hydrogen-bond donors (Lipinski definition) is 2. The second kappa shape index (κ2) is 10.2. The molecule has 0 spiro atoms. The van der Waals surface area contributed by atoms with Crippen LogP contribution < -0.4 is 16.0 Å². The summed E-state index contributed by atoms with van der Waals surface area (Å²) >= 11 is 5.61. The van der Waals surface area contributed by atoms with Crippen molar-refractivity contribution in [3.63, 3.8) is 0 Å². The number of amides is 1. The zero-order valence-electron chi connectivity index (χ0n) is 18.8. The van der Waals surface area contributed by atoms with E-state index in [1.807, 2.05) is 4.90 Å². The molecule has 1 aliphatic rings. The van der Waals surface area contributed by atoms with Crippen molar-refractivity contribution in [3.8, 4) is 11.1 Å². The summed E-state index contributed by atoms with van der Waals surface area (Å²) in [6, 6.07) is 5.14. The van der Waals surface area contributed by atoms with Gasteiger partial charge in [-0.3, -0.25) is 9.78 Å². The van der Waals surface area contributed by atoms with Crippen molar-refractivity contribution in [2.24, 2.45) is 11.7 Å². The van der Waals surface area contributed by atoms with E-state index in [0.29, 0.717) is 30.4 Å². The van der Waals surface area contributed by atoms with E-state index in [4.69, 9.17) is 17.3 Å². The maximum atomic E-state index is 15.4. The molecule has 3 N–H and O–H groups in total. The molecule has 3 aromatic rings. The largest absolute Gasteiger partial charge is 0.368 e. The summed E-state index contributed by atoms with van der Waals surface area (Å²) in [5.74, 6) is -5.78. The number of rotatable bonds is 5. The van der Waals surface area contributed by atoms with Crippen molar-refractivity contribution in [2.75, 3.05) is 23.3 Å². The first kappa shape index (κ1) is 24.9. The molecule has 2 heterocycles. The van der Waals surface area contributed by atoms with E-state index in [1.54, 1.807) is 12.3 Å². The molecular formula is C25H23ClF4N4O. The third-order valence-corrected chi connectivity index (χ3v) is 6.23. The molecular weight excluding hydrogens is 484 g/mol. The van der Waals surface area contributed by atoms with Crippen molar-refractivity contribution in [1.82, 2.24) is 4.98 Å². The number of carbonyl (C=O) groups excluding carboxylic acids is 1. The Hall–Kier alpha value is -3.17. The zero-order chi connectivity index (χ0) is 25.3. The highest BCUT2D eigenvalue weighted by atomic mass is 35.5. The number of halogens is 5. The Bertz CT molecular complexity index is 1240. The van der Waals surface area contributed by atoms with Gasteiger partial charge in [-0.25, -0.2) is 17.6 Å². The molecule has 10 heteroatoms. The molecule has 1 aromatic heterocycles. The highest BCUT2D eigenvalue weighted by Crippen LogP contribution is 2.34. The van der Waals surface area contributed by atoms with Gasteiger partial charge in [0.1, 0.15) is 23.3 Å². The third-order valence-electron chi connectivity index (χ3n) is 5.92. The summed E-state index contributed by atoms with van der Waals surface area (Å²) < 4.78 is 59.1. The standard InChI is InChI=1S/C25H23ClF4N4O/c1-13-6-15(31)12-34(11-13)21-4-5-32-10-20(21)33-25(35)16-2-3-17(27)23(24(16)30)22-18(28)7-14(9-26)8-19(22)29/h2-5,7-8,10,13,15H,6,9,11-12,31H2,1H3,(H,33,35)/t13-,15+/m1/s1. The lowest BCUT2D eigenvalue weighted by molar-refractivity contribution is 0.102. The number of carbonyl (C=O) groups is 1. The second-order valence-corrected chi connectivity index (χ2v) is 8.97. The molecule has 0 bridgehead atoms. The van der Waals surface area contributed by atoms with Crippen LogP contribution in [0.5, 0.6) is 0 Å². The van der Waals surface area contributed by atoms with E-state index in [0.717, 1.165) is 30.7 Å². The summed E-state index contributed by atoms with van der Waals surface area (Å²) in [6.45, 7) is 3.33. The number of nitrogens with zero attached hydrogens (tertiary/aromatic N) is 2. The lowest BCUT2D eigenvalue weighted by Gasteiger charge is -2.37. The smallest absolute Gasteiger partial charge is 0.258 e. The Labute approximate surface area is 204 Å². The monoisotopic (exact) mass is 506 g/mol. The first-order valence-corrected chi connectivity index (χ1v) is 11.5. The Morgan fingerprint density at radius 2 is 1.83 bits per heavy atom. The Balaban J connectivity index is 1.69. The first-order chi connectivity index (χ1) is 16.7. The number of alkyl halides is 1. The normalized spacial score (nSPS) is 18.0. The van der Waals surface area contributed by atoms with Crippen LogP contribution >= 0.6 is 11.6 Å². The number of anilines is 2. The average Bonchev–Trinajstić information content (AvgIpc) is 2.80. The molecule has 4 rings (SSSR count). The Morgan fingerprint density at radius 3 is 2.49 bits per heavy atom. The Kier molecular flexibility index (Phi) is 7.28. The van der Waals surface area contributed by atoms with Crippen molar-refractivity contribution in [1.29, 1.82) is 0 Å². The summed E-state index contributed by atoms with van der Waals surface area (Å²) in [7, 11) is 0. The molecule has 1 aliphatic heterocycles. The van der Waals surface area contributed by atoms with Gasteiger partial charge in [0.05, 0.1) is 34.3 Å². The zero-order valence-corrected chi connectivity index (χ0v) is 19.6. The first-order valence-electron chi connectivity index (χ1n) is 11.0. The number of nitrogens with one attached hydrogen (secondary N) is 1. The molecule has 1 amide bonds. The van der Waals surface area contributed by atoms with Crippen molar-refractivity contribution >= 4 is 28.9 Å². The maximum absolute atomic E-state index is 15.4. The quantitative estimate of drug-likeness (QED) is 0.355. The predicted octanol–water partition coefficient (Wildman–Crippen LogP) is 5.47. The number of piperidine rings is 1. The van der Waals surface area contributed by atoms with E-state index in [1.165, 1.54) is 6.20 Å². The van der Waals surface area contributed by atoms with Gasteiger partial charge in [-0.15, -0.1) is 11.6 Å². The van der Waals surface area contributed by atoms with Gasteiger partial charge in [0.15, 0.2) is 0 Å². The van der Waals surface area contributed by atoms with Gasteiger partial charge in [0.2, 0.25) is 0 Å². The number of aromatic nitrogens is 1. The van der Waals surface area contributed by atoms with Crippen LogP contribution in [0.1, 0.15) is 29.3 Å². The fourth-order valence-electron chi connectivity index (χ4n) is 4.44. The van der Waals surface area contributed by atoms with Gasteiger partial charge in [-0.1, -0.05) is 6.92 Å². The molecule has 0 aliphatic carbocycles. The van der Waals surface area contributed by atoms with Crippen molar-refractivity contribution in [2.45, 2.75) is 25.3 Å². The molecule has 2 atom stereocenters. The van der Waals surface area contributed by atoms with E-state index < -0.39 is 45.9 Å². The van der Waals surface area contributed by atoms with Gasteiger partial charge in [0, 0.05) is 31.2 Å². The molecule has 1 fully saturated rings. The Morgan fingerprint density at radius 1 is 1.11 bits per heavy atom. The second-order valence-electron chi connectivity index (χ2n) is 8.70. The SMILES string of the molecule is C[C@@H]1C[C@H](N)CN(c2ccncc2NC(=O)c2ccc(F)c(-c3c(F)cc(CCl)cc3F)c2F)C1. The van der Waals surface area contributed by atoms with Gasteiger partial charge < -0.3 is 16.0 Å². The molecule has 0 saturated carbocycles. The number of hydrogen-bond acceptors (Lipinski definition) is 4. The lowest BCUT2D eigenvalue weighted by Crippen LogP contribution is -2.46. The third kappa shape index (κ3) is 5.11. The fraction of sp³-hybridized carbons (Fsp3) is 0.280. The number of benzene rings is 2. The van der Waals surface area contributed by atoms with Crippen LogP contribution in [0.2, 0.25) is 0 Å². The maximum Gasteiger partial charge on any atom is 0.258 e. The van der Waals surface area contributed by atoms with E-state index >= 15 is 4.39 Å². The van der Waals surface area contributed by atoms with Gasteiger partial charge in [0.25, 0.3) is 5.91 Å². The lowest BCUT2D eigenvalue weighted by atomic mass is 9.96. The summed E-state index contributed by atoms with van der Waals surface area (Å²) in [5.41, 5.74) is 4.72. The van der Waals surface area contributed by atoms with Crippen LogP contribution in [0, 0.1) is 29.2 Å². The van der Waals surface area contributed by atoms with Crippen LogP contribution in [-0.4, -0.2) is 30.0 Å². The van der Waals surface area contributed by atoms with Crippen molar-refractivity contribution in [3.05, 3.63) is 77.1 Å². The molecule has 35 heavy (non-hydrogen) atoms.